The van der Waals surface area contributed by atoms with Crippen molar-refractivity contribution in [2.45, 2.75) is 17.7 Å². The SMILES string of the molecule is COCCCCNC(=O)c1ccc(S(=O)(=O)N2CCN(C)CC2)cc1. The van der Waals surface area contributed by atoms with Gasteiger partial charge in [-0.1, -0.05) is 0 Å². The fourth-order valence-corrected chi connectivity index (χ4v) is 4.05. The molecule has 1 saturated heterocycles. The molecule has 140 valence electrons. The second-order valence-corrected chi connectivity index (χ2v) is 8.13. The van der Waals surface area contributed by atoms with Gasteiger partial charge in [-0.2, -0.15) is 4.31 Å². The zero-order chi connectivity index (χ0) is 18.3. The number of carbonyl (C=O) groups is 1. The highest BCUT2D eigenvalue weighted by Gasteiger charge is 2.27. The maximum Gasteiger partial charge on any atom is 0.251 e. The largest absolute Gasteiger partial charge is 0.385 e. The number of nitrogens with zero attached hydrogens (tertiary/aromatic N) is 2. The number of rotatable bonds is 8. The van der Waals surface area contributed by atoms with E-state index in [0.29, 0.717) is 31.8 Å². The lowest BCUT2D eigenvalue weighted by Gasteiger charge is -2.31. The Morgan fingerprint density at radius 3 is 2.36 bits per heavy atom. The van der Waals surface area contributed by atoms with E-state index in [1.165, 1.54) is 16.4 Å². The Hall–Kier alpha value is -1.48. The number of hydrogen-bond acceptors (Lipinski definition) is 5. The Morgan fingerprint density at radius 1 is 1.12 bits per heavy atom. The number of amides is 1. The van der Waals surface area contributed by atoms with E-state index in [4.69, 9.17) is 4.74 Å². The number of carbonyl (C=O) groups excluding carboxylic acids is 1. The Morgan fingerprint density at radius 2 is 1.76 bits per heavy atom. The Bertz CT molecular complexity index is 653. The van der Waals surface area contributed by atoms with Gasteiger partial charge in [0.25, 0.3) is 5.91 Å². The molecule has 0 aliphatic carbocycles. The lowest BCUT2D eigenvalue weighted by molar-refractivity contribution is 0.0951. The molecule has 7 nitrogen and oxygen atoms in total. The minimum atomic E-state index is -3.49. The monoisotopic (exact) mass is 369 g/mol. The normalized spacial score (nSPS) is 16.7. The van der Waals surface area contributed by atoms with Crippen LogP contribution in [0.2, 0.25) is 0 Å². The van der Waals surface area contributed by atoms with Gasteiger partial charge >= 0.3 is 0 Å². The van der Waals surface area contributed by atoms with E-state index in [0.717, 1.165) is 25.9 Å². The van der Waals surface area contributed by atoms with Crippen molar-refractivity contribution in [1.82, 2.24) is 14.5 Å². The van der Waals surface area contributed by atoms with E-state index in [1.807, 2.05) is 7.05 Å². The second-order valence-electron chi connectivity index (χ2n) is 6.19. The lowest BCUT2D eigenvalue weighted by Crippen LogP contribution is -2.47. The van der Waals surface area contributed by atoms with Gasteiger partial charge in [0.05, 0.1) is 4.90 Å². The first kappa shape index (κ1) is 19.8. The molecule has 1 amide bonds. The molecule has 1 aliphatic rings. The summed E-state index contributed by atoms with van der Waals surface area (Å²) in [5, 5.41) is 2.82. The highest BCUT2D eigenvalue weighted by molar-refractivity contribution is 7.89. The summed E-state index contributed by atoms with van der Waals surface area (Å²) in [6, 6.07) is 6.14. The van der Waals surface area contributed by atoms with E-state index in [-0.39, 0.29) is 10.8 Å². The zero-order valence-electron chi connectivity index (χ0n) is 14.9. The molecule has 1 N–H and O–H groups in total. The zero-order valence-corrected chi connectivity index (χ0v) is 15.7. The number of ether oxygens (including phenoxy) is 1. The van der Waals surface area contributed by atoms with E-state index in [1.54, 1.807) is 19.2 Å². The van der Waals surface area contributed by atoms with Gasteiger partial charge in [-0.3, -0.25) is 4.79 Å². The predicted octanol–water partition coefficient (Wildman–Crippen LogP) is 0.779. The van der Waals surface area contributed by atoms with Gasteiger partial charge in [0, 0.05) is 52.0 Å². The Kier molecular flexibility index (Phi) is 7.37. The van der Waals surface area contributed by atoms with Gasteiger partial charge in [-0.05, 0) is 44.2 Å². The first-order valence-electron chi connectivity index (χ1n) is 8.51. The van der Waals surface area contributed by atoms with Crippen molar-refractivity contribution in [2.75, 3.05) is 53.5 Å². The average Bonchev–Trinajstić information content (AvgIpc) is 2.62. The number of likely N-dealkylation sites (N-methyl/N-ethyl adjacent to an activating group) is 1. The van der Waals surface area contributed by atoms with Crippen LogP contribution in [0.3, 0.4) is 0 Å². The minimum absolute atomic E-state index is 0.194. The molecule has 0 spiro atoms. The quantitative estimate of drug-likeness (QED) is 0.685. The van der Waals surface area contributed by atoms with E-state index in [2.05, 4.69) is 10.2 Å². The van der Waals surface area contributed by atoms with Gasteiger partial charge in [-0.25, -0.2) is 8.42 Å². The number of benzene rings is 1. The molecule has 1 aromatic rings. The van der Waals surface area contributed by atoms with Crippen LogP contribution in [0.5, 0.6) is 0 Å². The molecule has 0 aromatic heterocycles. The number of methoxy groups -OCH3 is 1. The van der Waals surface area contributed by atoms with Crippen LogP contribution in [-0.4, -0.2) is 77.0 Å². The van der Waals surface area contributed by atoms with Crippen molar-refractivity contribution < 1.29 is 17.9 Å². The second kappa shape index (κ2) is 9.28. The molecule has 1 aliphatic heterocycles. The fraction of sp³-hybridized carbons (Fsp3) is 0.588. The number of nitrogens with one attached hydrogen (secondary N) is 1. The molecular formula is C17H27N3O4S. The van der Waals surface area contributed by atoms with Gasteiger partial charge in [0.2, 0.25) is 10.0 Å². The highest BCUT2D eigenvalue weighted by atomic mass is 32.2. The molecular weight excluding hydrogens is 342 g/mol. The standard InChI is InChI=1S/C17H27N3O4S/c1-19-10-12-20(13-11-19)25(22,23)16-7-5-15(6-8-16)17(21)18-9-3-4-14-24-2/h5-8H,3-4,9-14H2,1-2H3,(H,18,21). The third-order valence-electron chi connectivity index (χ3n) is 4.28. The third kappa shape index (κ3) is 5.50. The first-order valence-corrected chi connectivity index (χ1v) is 9.95. The Labute approximate surface area is 150 Å². The Balaban J connectivity index is 1.93. The molecule has 0 radical (unpaired) electrons. The van der Waals surface area contributed by atoms with Gasteiger partial charge in [0.15, 0.2) is 0 Å². The van der Waals surface area contributed by atoms with Crippen LogP contribution < -0.4 is 5.32 Å². The molecule has 0 bridgehead atoms. The van der Waals surface area contributed by atoms with Crippen LogP contribution in [-0.2, 0) is 14.8 Å². The maximum atomic E-state index is 12.6. The summed E-state index contributed by atoms with van der Waals surface area (Å²) in [6.45, 7) is 3.68. The molecule has 1 heterocycles. The average molecular weight is 369 g/mol. The predicted molar refractivity (Wildman–Crippen MR) is 96.1 cm³/mol. The summed E-state index contributed by atoms with van der Waals surface area (Å²) in [5.41, 5.74) is 0.462. The van der Waals surface area contributed by atoms with E-state index in [9.17, 15) is 13.2 Å². The summed E-state index contributed by atoms with van der Waals surface area (Å²) < 4.78 is 31.7. The van der Waals surface area contributed by atoms with E-state index < -0.39 is 10.0 Å². The van der Waals surface area contributed by atoms with Crippen molar-refractivity contribution in [2.24, 2.45) is 0 Å². The van der Waals surface area contributed by atoms with E-state index >= 15 is 0 Å². The van der Waals surface area contributed by atoms with Crippen molar-refractivity contribution in [3.05, 3.63) is 29.8 Å². The number of sulfonamides is 1. The maximum absolute atomic E-state index is 12.6. The summed E-state index contributed by atoms with van der Waals surface area (Å²) in [6.07, 6.45) is 1.73. The minimum Gasteiger partial charge on any atom is -0.385 e. The van der Waals surface area contributed by atoms with Gasteiger partial charge in [0.1, 0.15) is 0 Å². The molecule has 0 unspecified atom stereocenters. The summed E-state index contributed by atoms with van der Waals surface area (Å²) in [5.74, 6) is -0.194. The number of hydrogen-bond donors (Lipinski definition) is 1. The molecule has 0 saturated carbocycles. The summed E-state index contributed by atoms with van der Waals surface area (Å²) >= 11 is 0. The number of piperazine rings is 1. The molecule has 8 heteroatoms. The van der Waals surface area contributed by atoms with Crippen LogP contribution >= 0.6 is 0 Å². The third-order valence-corrected chi connectivity index (χ3v) is 6.19. The molecule has 1 fully saturated rings. The molecule has 0 atom stereocenters. The van der Waals surface area contributed by atoms with Crippen molar-refractivity contribution >= 4 is 15.9 Å². The molecule has 1 aromatic carbocycles. The van der Waals surface area contributed by atoms with Crippen LogP contribution in [0.1, 0.15) is 23.2 Å². The van der Waals surface area contributed by atoms with Crippen LogP contribution in [0.25, 0.3) is 0 Å². The van der Waals surface area contributed by atoms with Crippen molar-refractivity contribution in [3.8, 4) is 0 Å². The summed E-state index contributed by atoms with van der Waals surface area (Å²) in [7, 11) is 0.134. The van der Waals surface area contributed by atoms with Gasteiger partial charge in [-0.15, -0.1) is 0 Å². The fourth-order valence-electron chi connectivity index (χ4n) is 2.63. The summed E-state index contributed by atoms with van der Waals surface area (Å²) in [4.78, 5) is 14.4. The van der Waals surface area contributed by atoms with Gasteiger partial charge < -0.3 is 15.0 Å². The molecule has 2 rings (SSSR count). The lowest BCUT2D eigenvalue weighted by atomic mass is 10.2. The van der Waals surface area contributed by atoms with Crippen LogP contribution in [0.15, 0.2) is 29.2 Å². The number of unbranched alkanes of at least 4 members (excludes halogenated alkanes) is 1. The smallest absolute Gasteiger partial charge is 0.251 e. The van der Waals surface area contributed by atoms with Crippen LogP contribution in [0, 0.1) is 0 Å². The molecule has 25 heavy (non-hydrogen) atoms. The highest BCUT2D eigenvalue weighted by Crippen LogP contribution is 2.18. The van der Waals surface area contributed by atoms with Crippen molar-refractivity contribution in [3.63, 3.8) is 0 Å². The van der Waals surface area contributed by atoms with Crippen LogP contribution in [0.4, 0.5) is 0 Å². The topological polar surface area (TPSA) is 78.9 Å². The first-order chi connectivity index (χ1) is 11.9. The van der Waals surface area contributed by atoms with Crippen molar-refractivity contribution in [1.29, 1.82) is 0 Å².